The van der Waals surface area contributed by atoms with E-state index in [0.29, 0.717) is 43.2 Å². The molecule has 2 aliphatic heterocycles. The van der Waals surface area contributed by atoms with Crippen molar-refractivity contribution < 1.29 is 23.5 Å². The minimum absolute atomic E-state index is 0.0505. The fourth-order valence-corrected chi connectivity index (χ4v) is 4.57. The van der Waals surface area contributed by atoms with Crippen LogP contribution >= 0.6 is 0 Å². The summed E-state index contributed by atoms with van der Waals surface area (Å²) in [7, 11) is 0. The minimum atomic E-state index is -0.619. The van der Waals surface area contributed by atoms with Crippen LogP contribution in [-0.4, -0.2) is 54.6 Å². The fraction of sp³-hybridized carbons (Fsp3) is 0.391. The molecule has 1 saturated carbocycles. The third-order valence-corrected chi connectivity index (χ3v) is 6.47. The first-order chi connectivity index (χ1) is 14.6. The Bertz CT molecular complexity index is 996. The number of amides is 2. The zero-order valence-electron chi connectivity index (χ0n) is 16.6. The average Bonchev–Trinajstić information content (AvgIpc) is 3.20. The largest absolute Gasteiger partial charge is 0.454 e. The number of piperazine rings is 1. The number of fused-ring (bicyclic) bond motifs is 1. The molecule has 0 N–H and O–H groups in total. The van der Waals surface area contributed by atoms with Gasteiger partial charge in [-0.3, -0.25) is 9.59 Å². The summed E-state index contributed by atoms with van der Waals surface area (Å²) in [5, 5.41) is 0. The first-order valence-electron chi connectivity index (χ1n) is 10.3. The van der Waals surface area contributed by atoms with Crippen LogP contribution in [0.3, 0.4) is 0 Å². The zero-order chi connectivity index (χ0) is 20.7. The number of rotatable bonds is 3. The summed E-state index contributed by atoms with van der Waals surface area (Å²) < 4.78 is 24.4. The van der Waals surface area contributed by atoms with Gasteiger partial charge in [-0.05, 0) is 48.7 Å². The smallest absolute Gasteiger partial charge is 0.254 e. The average molecular weight is 410 g/mol. The molecule has 7 heteroatoms. The predicted octanol–water partition coefficient (Wildman–Crippen LogP) is 2.96. The maximum Gasteiger partial charge on any atom is 0.254 e. The molecule has 0 unspecified atom stereocenters. The maximum absolute atomic E-state index is 13.8. The van der Waals surface area contributed by atoms with E-state index in [1.165, 1.54) is 12.1 Å². The highest BCUT2D eigenvalue weighted by Crippen LogP contribution is 2.45. The van der Waals surface area contributed by atoms with Crippen molar-refractivity contribution in [2.45, 2.75) is 24.7 Å². The van der Waals surface area contributed by atoms with Crippen LogP contribution in [0.5, 0.6) is 11.5 Å². The molecule has 156 valence electrons. The summed E-state index contributed by atoms with van der Waals surface area (Å²) >= 11 is 0. The van der Waals surface area contributed by atoms with Gasteiger partial charge in [0.15, 0.2) is 11.5 Å². The highest BCUT2D eigenvalue weighted by atomic mass is 19.1. The second-order valence-corrected chi connectivity index (χ2v) is 8.10. The van der Waals surface area contributed by atoms with Crippen molar-refractivity contribution in [2.24, 2.45) is 0 Å². The number of halogens is 1. The van der Waals surface area contributed by atoms with Gasteiger partial charge in [-0.25, -0.2) is 4.39 Å². The van der Waals surface area contributed by atoms with Crippen LogP contribution in [0.4, 0.5) is 4.39 Å². The number of hydrogen-bond donors (Lipinski definition) is 0. The van der Waals surface area contributed by atoms with Crippen LogP contribution in [-0.2, 0) is 10.2 Å². The Morgan fingerprint density at radius 3 is 2.33 bits per heavy atom. The summed E-state index contributed by atoms with van der Waals surface area (Å²) in [5.41, 5.74) is 0.692. The van der Waals surface area contributed by atoms with Gasteiger partial charge >= 0.3 is 0 Å². The van der Waals surface area contributed by atoms with Crippen LogP contribution < -0.4 is 9.47 Å². The predicted molar refractivity (Wildman–Crippen MR) is 107 cm³/mol. The van der Waals surface area contributed by atoms with E-state index in [-0.39, 0.29) is 24.4 Å². The summed E-state index contributed by atoms with van der Waals surface area (Å²) in [5.74, 6) is 0.880. The molecule has 0 radical (unpaired) electrons. The summed E-state index contributed by atoms with van der Waals surface area (Å²) in [6.07, 6.45) is 2.45. The number of ether oxygens (including phenoxy) is 2. The monoisotopic (exact) mass is 410 g/mol. The van der Waals surface area contributed by atoms with Crippen molar-refractivity contribution in [3.8, 4) is 11.5 Å². The molecule has 2 aromatic rings. The quantitative estimate of drug-likeness (QED) is 0.781. The topological polar surface area (TPSA) is 59.1 Å². The number of carbonyl (C=O) groups excluding carboxylic acids is 2. The van der Waals surface area contributed by atoms with Crippen molar-refractivity contribution in [1.29, 1.82) is 0 Å². The number of nitrogens with zero attached hydrogens (tertiary/aromatic N) is 2. The lowest BCUT2D eigenvalue weighted by molar-refractivity contribution is -0.142. The second-order valence-electron chi connectivity index (χ2n) is 8.10. The number of benzene rings is 2. The summed E-state index contributed by atoms with van der Waals surface area (Å²) in [6, 6.07) is 11.6. The Kier molecular flexibility index (Phi) is 4.60. The lowest BCUT2D eigenvalue weighted by Crippen LogP contribution is -2.57. The van der Waals surface area contributed by atoms with Crippen molar-refractivity contribution >= 4 is 11.8 Å². The third-order valence-electron chi connectivity index (χ3n) is 6.47. The van der Waals surface area contributed by atoms with E-state index >= 15 is 0 Å². The van der Waals surface area contributed by atoms with E-state index in [1.54, 1.807) is 29.2 Å². The van der Waals surface area contributed by atoms with Gasteiger partial charge in [0.25, 0.3) is 5.91 Å². The van der Waals surface area contributed by atoms with Crippen molar-refractivity contribution in [1.82, 2.24) is 9.80 Å². The van der Waals surface area contributed by atoms with E-state index in [4.69, 9.17) is 9.47 Å². The van der Waals surface area contributed by atoms with Gasteiger partial charge in [-0.1, -0.05) is 18.6 Å². The Labute approximate surface area is 174 Å². The Morgan fingerprint density at radius 2 is 1.63 bits per heavy atom. The zero-order valence-corrected chi connectivity index (χ0v) is 16.6. The first-order valence-corrected chi connectivity index (χ1v) is 10.3. The molecule has 30 heavy (non-hydrogen) atoms. The Morgan fingerprint density at radius 1 is 0.900 bits per heavy atom. The van der Waals surface area contributed by atoms with E-state index in [0.717, 1.165) is 24.8 Å². The van der Waals surface area contributed by atoms with Gasteiger partial charge in [0.2, 0.25) is 12.7 Å². The molecule has 0 spiro atoms. The van der Waals surface area contributed by atoms with Gasteiger partial charge < -0.3 is 19.3 Å². The Balaban J connectivity index is 1.26. The molecule has 0 bridgehead atoms. The molecular formula is C23H23FN2O4. The van der Waals surface area contributed by atoms with Gasteiger partial charge in [0.1, 0.15) is 5.82 Å². The van der Waals surface area contributed by atoms with E-state index in [2.05, 4.69) is 0 Å². The molecular weight excluding hydrogens is 387 g/mol. The van der Waals surface area contributed by atoms with Crippen LogP contribution in [0.1, 0.15) is 35.2 Å². The lowest BCUT2D eigenvalue weighted by atomic mass is 9.63. The van der Waals surface area contributed by atoms with Gasteiger partial charge in [-0.15, -0.1) is 0 Å². The molecule has 6 nitrogen and oxygen atoms in total. The van der Waals surface area contributed by atoms with Crippen LogP contribution in [0.25, 0.3) is 0 Å². The van der Waals surface area contributed by atoms with E-state index < -0.39 is 5.41 Å². The molecule has 1 saturated heterocycles. The van der Waals surface area contributed by atoms with Crippen LogP contribution in [0.2, 0.25) is 0 Å². The first kappa shape index (κ1) is 18.9. The number of hydrogen-bond acceptors (Lipinski definition) is 4. The molecule has 2 heterocycles. The van der Waals surface area contributed by atoms with Gasteiger partial charge in [0.05, 0.1) is 5.41 Å². The fourth-order valence-electron chi connectivity index (χ4n) is 4.57. The standard InChI is InChI=1S/C23H23FN2O4/c24-18-4-1-3-17(14-18)23(7-2-8-23)22(28)26-11-9-25(10-12-26)21(27)16-5-6-19-20(13-16)30-15-29-19/h1,3-6,13-14H,2,7-12,15H2. The normalized spacial score (nSPS) is 19.4. The molecule has 1 aliphatic carbocycles. The molecule has 2 aromatic carbocycles. The van der Waals surface area contributed by atoms with E-state index in [9.17, 15) is 14.0 Å². The minimum Gasteiger partial charge on any atom is -0.454 e. The highest BCUT2D eigenvalue weighted by Gasteiger charge is 2.48. The molecule has 2 fully saturated rings. The number of carbonyl (C=O) groups is 2. The molecule has 3 aliphatic rings. The van der Waals surface area contributed by atoms with Gasteiger partial charge in [-0.2, -0.15) is 0 Å². The van der Waals surface area contributed by atoms with Crippen molar-refractivity contribution in [3.63, 3.8) is 0 Å². The SMILES string of the molecule is O=C(c1ccc2c(c1)OCO2)N1CCN(C(=O)C2(c3cccc(F)c3)CCC2)CC1. The molecule has 5 rings (SSSR count). The van der Waals surface area contributed by atoms with Gasteiger partial charge in [0, 0.05) is 31.7 Å². The highest BCUT2D eigenvalue weighted by molar-refractivity contribution is 5.95. The summed E-state index contributed by atoms with van der Waals surface area (Å²) in [4.78, 5) is 29.8. The summed E-state index contributed by atoms with van der Waals surface area (Å²) in [6.45, 7) is 2.07. The third kappa shape index (κ3) is 3.09. The Hall–Kier alpha value is -3.09. The van der Waals surface area contributed by atoms with Crippen molar-refractivity contribution in [2.75, 3.05) is 33.0 Å². The van der Waals surface area contributed by atoms with E-state index in [1.807, 2.05) is 11.0 Å². The van der Waals surface area contributed by atoms with Crippen molar-refractivity contribution in [3.05, 3.63) is 59.4 Å². The lowest BCUT2D eigenvalue weighted by Gasteiger charge is -2.46. The second kappa shape index (κ2) is 7.31. The van der Waals surface area contributed by atoms with Crippen LogP contribution in [0, 0.1) is 5.82 Å². The van der Waals surface area contributed by atoms with Crippen LogP contribution in [0.15, 0.2) is 42.5 Å². The molecule has 2 amide bonds. The molecule has 0 aromatic heterocycles. The maximum atomic E-state index is 13.8. The molecule has 0 atom stereocenters.